The quantitative estimate of drug-likeness (QED) is 0.842. The Morgan fingerprint density at radius 2 is 2.28 bits per heavy atom. The van der Waals surface area contributed by atoms with Crippen LogP contribution in [0.3, 0.4) is 0 Å². The van der Waals surface area contributed by atoms with Gasteiger partial charge in [0.2, 0.25) is 5.91 Å². The summed E-state index contributed by atoms with van der Waals surface area (Å²) in [6.45, 7) is 1.90. The van der Waals surface area contributed by atoms with Crippen molar-refractivity contribution in [3.63, 3.8) is 0 Å². The molecule has 0 fully saturated rings. The second-order valence-electron chi connectivity index (χ2n) is 3.97. The van der Waals surface area contributed by atoms with Crippen LogP contribution in [-0.4, -0.2) is 17.1 Å². The van der Waals surface area contributed by atoms with E-state index >= 15 is 0 Å². The molecule has 0 aliphatic carbocycles. The Morgan fingerprint density at radius 3 is 2.94 bits per heavy atom. The van der Waals surface area contributed by atoms with Crippen molar-refractivity contribution >= 4 is 16.8 Å². The maximum atomic E-state index is 13.1. The number of nitrogens with one attached hydrogen (secondary N) is 1. The van der Waals surface area contributed by atoms with E-state index in [-0.39, 0.29) is 5.91 Å². The molecule has 0 atom stereocenters. The maximum absolute atomic E-state index is 13.1. The number of hydrogen-bond donors (Lipinski definition) is 1. The number of halogens is 1. The fourth-order valence-corrected chi connectivity index (χ4v) is 1.89. The SMILES string of the molecule is CC(=O)NCCc1cn(N=O)c2cc(F)ccc12. The Bertz CT molecular complexity index is 607. The smallest absolute Gasteiger partial charge is 0.216 e. The minimum atomic E-state index is -0.418. The standard InChI is InChI=1S/C12H12FN3O2/c1-8(17)14-5-4-9-7-16(15-18)12-6-10(13)2-3-11(9)12/h2-3,6-7H,4-5H2,1H3,(H,14,17). The molecule has 0 spiro atoms. The van der Waals surface area contributed by atoms with E-state index in [2.05, 4.69) is 10.6 Å². The molecule has 94 valence electrons. The van der Waals surface area contributed by atoms with Crippen LogP contribution in [0, 0.1) is 10.7 Å². The molecule has 1 aromatic carbocycles. The first kappa shape index (κ1) is 12.2. The lowest BCUT2D eigenvalue weighted by molar-refractivity contribution is -0.118. The van der Waals surface area contributed by atoms with Gasteiger partial charge in [0.1, 0.15) is 5.82 Å². The van der Waals surface area contributed by atoms with Crippen LogP contribution in [-0.2, 0) is 11.2 Å². The molecule has 2 rings (SSSR count). The molecule has 18 heavy (non-hydrogen) atoms. The van der Waals surface area contributed by atoms with Crippen LogP contribution in [0.2, 0.25) is 0 Å². The number of carbonyl (C=O) groups is 1. The van der Waals surface area contributed by atoms with Crippen molar-refractivity contribution in [3.05, 3.63) is 40.7 Å². The van der Waals surface area contributed by atoms with Gasteiger partial charge in [0.25, 0.3) is 0 Å². The fraction of sp³-hybridized carbons (Fsp3) is 0.250. The van der Waals surface area contributed by atoms with Crippen LogP contribution in [0.25, 0.3) is 10.9 Å². The summed E-state index contributed by atoms with van der Waals surface area (Å²) >= 11 is 0. The van der Waals surface area contributed by atoms with E-state index in [0.29, 0.717) is 18.5 Å². The van der Waals surface area contributed by atoms with Gasteiger partial charge in [0, 0.05) is 31.1 Å². The highest BCUT2D eigenvalue weighted by Crippen LogP contribution is 2.22. The van der Waals surface area contributed by atoms with Crippen LogP contribution < -0.4 is 5.32 Å². The molecular weight excluding hydrogens is 237 g/mol. The van der Waals surface area contributed by atoms with Gasteiger partial charge in [0.05, 0.1) is 10.8 Å². The minimum Gasteiger partial charge on any atom is -0.356 e. The summed E-state index contributed by atoms with van der Waals surface area (Å²) in [5.74, 6) is -0.530. The third kappa shape index (κ3) is 2.37. The lowest BCUT2D eigenvalue weighted by atomic mass is 10.1. The van der Waals surface area contributed by atoms with Gasteiger partial charge < -0.3 is 5.32 Å². The van der Waals surface area contributed by atoms with E-state index in [1.54, 1.807) is 12.3 Å². The molecule has 1 heterocycles. The van der Waals surface area contributed by atoms with Crippen molar-refractivity contribution in [2.24, 2.45) is 5.29 Å². The fourth-order valence-electron chi connectivity index (χ4n) is 1.89. The van der Waals surface area contributed by atoms with Gasteiger partial charge >= 0.3 is 0 Å². The predicted molar refractivity (Wildman–Crippen MR) is 65.5 cm³/mol. The van der Waals surface area contributed by atoms with Crippen LogP contribution in [0.4, 0.5) is 4.39 Å². The van der Waals surface area contributed by atoms with E-state index < -0.39 is 5.82 Å². The van der Waals surface area contributed by atoms with Gasteiger partial charge in [-0.3, -0.25) is 4.79 Å². The highest BCUT2D eigenvalue weighted by molar-refractivity contribution is 5.84. The van der Waals surface area contributed by atoms with Gasteiger partial charge in [-0.2, -0.15) is 0 Å². The molecule has 6 heteroatoms. The maximum Gasteiger partial charge on any atom is 0.216 e. The lowest BCUT2D eigenvalue weighted by Crippen LogP contribution is -2.22. The Kier molecular flexibility index (Phi) is 3.36. The molecule has 5 nitrogen and oxygen atoms in total. The lowest BCUT2D eigenvalue weighted by Gasteiger charge is -2.00. The average molecular weight is 249 g/mol. The van der Waals surface area contributed by atoms with Gasteiger partial charge in [-0.25, -0.2) is 9.07 Å². The summed E-state index contributed by atoms with van der Waals surface area (Å²) in [7, 11) is 0. The summed E-state index contributed by atoms with van der Waals surface area (Å²) in [6, 6.07) is 4.20. The Labute approximate surface area is 103 Å². The molecule has 1 amide bonds. The Morgan fingerprint density at radius 1 is 1.50 bits per heavy atom. The number of amides is 1. The number of fused-ring (bicyclic) bond motifs is 1. The summed E-state index contributed by atoms with van der Waals surface area (Å²) < 4.78 is 14.2. The van der Waals surface area contributed by atoms with Gasteiger partial charge in [-0.05, 0) is 24.1 Å². The van der Waals surface area contributed by atoms with E-state index in [1.807, 2.05) is 0 Å². The van der Waals surface area contributed by atoms with Gasteiger partial charge in [-0.15, -0.1) is 4.91 Å². The third-order valence-electron chi connectivity index (χ3n) is 2.69. The predicted octanol–water partition coefficient (Wildman–Crippen LogP) is 1.99. The highest BCUT2D eigenvalue weighted by Gasteiger charge is 2.09. The summed E-state index contributed by atoms with van der Waals surface area (Å²) in [4.78, 5) is 21.4. The zero-order valence-corrected chi connectivity index (χ0v) is 9.81. The van der Waals surface area contributed by atoms with E-state index in [1.165, 1.54) is 19.1 Å². The first-order chi connectivity index (χ1) is 8.61. The van der Waals surface area contributed by atoms with Gasteiger partial charge in [0.15, 0.2) is 0 Å². The molecule has 0 radical (unpaired) electrons. The normalized spacial score (nSPS) is 10.6. The monoisotopic (exact) mass is 249 g/mol. The molecule has 1 N–H and O–H groups in total. The van der Waals surface area contributed by atoms with Gasteiger partial charge in [-0.1, -0.05) is 0 Å². The molecule has 2 aromatic rings. The van der Waals surface area contributed by atoms with E-state index in [9.17, 15) is 14.1 Å². The summed E-state index contributed by atoms with van der Waals surface area (Å²) in [6.07, 6.45) is 2.11. The first-order valence-electron chi connectivity index (χ1n) is 5.49. The first-order valence-corrected chi connectivity index (χ1v) is 5.49. The molecule has 1 aromatic heterocycles. The molecule has 0 saturated heterocycles. The number of carbonyl (C=O) groups excluding carboxylic acids is 1. The third-order valence-corrected chi connectivity index (χ3v) is 2.69. The van der Waals surface area contributed by atoms with Crippen LogP contribution in [0.5, 0.6) is 0 Å². The number of rotatable bonds is 4. The number of benzene rings is 1. The minimum absolute atomic E-state index is 0.113. The number of nitroso groups, excluding NO2 is 1. The molecule has 0 aliphatic rings. The van der Waals surface area contributed by atoms with Crippen molar-refractivity contribution < 1.29 is 9.18 Å². The van der Waals surface area contributed by atoms with E-state index in [4.69, 9.17) is 0 Å². The molecule has 0 unspecified atom stereocenters. The topological polar surface area (TPSA) is 63.5 Å². The zero-order valence-electron chi connectivity index (χ0n) is 9.81. The average Bonchev–Trinajstić information content (AvgIpc) is 2.66. The largest absolute Gasteiger partial charge is 0.356 e. The van der Waals surface area contributed by atoms with Crippen molar-refractivity contribution in [2.45, 2.75) is 13.3 Å². The molecule has 0 bridgehead atoms. The van der Waals surface area contributed by atoms with Crippen molar-refractivity contribution in [3.8, 4) is 0 Å². The molecular formula is C12H12FN3O2. The van der Waals surface area contributed by atoms with Crippen LogP contribution in [0.1, 0.15) is 12.5 Å². The zero-order chi connectivity index (χ0) is 13.1. The second kappa shape index (κ2) is 4.95. The molecule has 0 saturated carbocycles. The van der Waals surface area contributed by atoms with Crippen LogP contribution in [0.15, 0.2) is 29.7 Å². The van der Waals surface area contributed by atoms with Crippen molar-refractivity contribution in [2.75, 3.05) is 6.54 Å². The number of nitrogens with zero attached hydrogens (tertiary/aromatic N) is 2. The Hall–Kier alpha value is -2.24. The number of aromatic nitrogens is 1. The van der Waals surface area contributed by atoms with Crippen molar-refractivity contribution in [1.29, 1.82) is 0 Å². The van der Waals surface area contributed by atoms with E-state index in [0.717, 1.165) is 15.6 Å². The molecule has 0 aliphatic heterocycles. The highest BCUT2D eigenvalue weighted by atomic mass is 19.1. The van der Waals surface area contributed by atoms with Crippen LogP contribution >= 0.6 is 0 Å². The summed E-state index contributed by atoms with van der Waals surface area (Å²) in [5, 5.41) is 6.25. The second-order valence-corrected chi connectivity index (χ2v) is 3.97. The van der Waals surface area contributed by atoms with Crippen molar-refractivity contribution in [1.82, 2.24) is 9.99 Å². The summed E-state index contributed by atoms with van der Waals surface area (Å²) in [5.41, 5.74) is 1.28. The number of hydrogen-bond acceptors (Lipinski definition) is 3. The Balaban J connectivity index is 2.33.